The zero-order valence-electron chi connectivity index (χ0n) is 14.6. The highest BCUT2D eigenvalue weighted by Gasteiger charge is 2.73. The number of esters is 1. The van der Waals surface area contributed by atoms with E-state index < -0.39 is 6.10 Å². The van der Waals surface area contributed by atoms with Crippen LogP contribution in [0.1, 0.15) is 47.5 Å². The zero-order chi connectivity index (χ0) is 17.2. The Labute approximate surface area is 137 Å². The first-order valence-corrected chi connectivity index (χ1v) is 8.33. The summed E-state index contributed by atoms with van der Waals surface area (Å²) in [7, 11) is 0. The van der Waals surface area contributed by atoms with Gasteiger partial charge in [0.25, 0.3) is 0 Å². The third kappa shape index (κ3) is 2.57. The molecule has 1 heterocycles. The van der Waals surface area contributed by atoms with Crippen LogP contribution in [0.2, 0.25) is 0 Å². The Balaban J connectivity index is 1.67. The molecule has 0 aromatic rings. The second-order valence-corrected chi connectivity index (χ2v) is 8.17. The summed E-state index contributed by atoms with van der Waals surface area (Å²) >= 11 is 0. The number of carbonyl (C=O) groups is 2. The fourth-order valence-electron chi connectivity index (χ4n) is 4.11. The molecule has 0 unspecified atom stereocenters. The van der Waals surface area contributed by atoms with Crippen molar-refractivity contribution in [1.82, 2.24) is 0 Å². The molecule has 0 aromatic carbocycles. The van der Waals surface area contributed by atoms with E-state index in [2.05, 4.69) is 34.3 Å². The Morgan fingerprint density at radius 2 is 2.00 bits per heavy atom. The van der Waals surface area contributed by atoms with E-state index in [1.165, 1.54) is 0 Å². The number of carbonyl (C=O) groups excluding carboxylic acids is 2. The first-order valence-electron chi connectivity index (χ1n) is 8.33. The topological polar surface area (TPSA) is 55.9 Å². The average molecular weight is 318 g/mol. The first kappa shape index (κ1) is 16.4. The third-order valence-electron chi connectivity index (χ3n) is 5.82. The maximum atomic E-state index is 12.6. The molecular weight excluding hydrogens is 292 g/mol. The Hall–Kier alpha value is -1.42. The Morgan fingerprint density at radius 1 is 1.39 bits per heavy atom. The SMILES string of the molecule is C=CCC1=C(C)[C@H](OC(=O)[C@@H]2[C@H]([C@@H]3OC3(C)C)C2(C)C)CC1=O. The number of rotatable bonds is 5. The Kier molecular flexibility index (Phi) is 3.60. The molecule has 1 aliphatic heterocycles. The molecule has 0 amide bonds. The molecule has 3 aliphatic rings. The quantitative estimate of drug-likeness (QED) is 0.444. The number of hydrogen-bond donors (Lipinski definition) is 0. The van der Waals surface area contributed by atoms with Gasteiger partial charge < -0.3 is 9.47 Å². The lowest BCUT2D eigenvalue weighted by Gasteiger charge is -2.13. The van der Waals surface area contributed by atoms with Gasteiger partial charge in [-0.2, -0.15) is 0 Å². The Bertz CT molecular complexity index is 611. The van der Waals surface area contributed by atoms with Crippen LogP contribution >= 0.6 is 0 Å². The van der Waals surface area contributed by atoms with Crippen molar-refractivity contribution in [2.45, 2.75) is 65.3 Å². The molecule has 3 rings (SSSR count). The number of ether oxygens (including phenoxy) is 2. The molecule has 4 heteroatoms. The number of hydrogen-bond acceptors (Lipinski definition) is 4. The first-order chi connectivity index (χ1) is 10.6. The molecule has 1 saturated heterocycles. The summed E-state index contributed by atoms with van der Waals surface area (Å²) in [4.78, 5) is 24.6. The van der Waals surface area contributed by atoms with E-state index in [0.717, 1.165) is 11.1 Å². The van der Waals surface area contributed by atoms with Crippen LogP contribution in [0.15, 0.2) is 23.8 Å². The molecule has 0 N–H and O–H groups in total. The van der Waals surface area contributed by atoms with E-state index in [1.54, 1.807) is 6.08 Å². The molecule has 0 bridgehead atoms. The van der Waals surface area contributed by atoms with Gasteiger partial charge in [-0.25, -0.2) is 0 Å². The third-order valence-corrected chi connectivity index (χ3v) is 5.82. The van der Waals surface area contributed by atoms with Crippen LogP contribution in [0.5, 0.6) is 0 Å². The van der Waals surface area contributed by atoms with Gasteiger partial charge in [0.15, 0.2) is 5.78 Å². The molecule has 0 spiro atoms. The van der Waals surface area contributed by atoms with Crippen molar-refractivity contribution in [2.24, 2.45) is 17.3 Å². The maximum absolute atomic E-state index is 12.6. The molecule has 23 heavy (non-hydrogen) atoms. The lowest BCUT2D eigenvalue weighted by atomic mass is 10.0. The van der Waals surface area contributed by atoms with Crippen LogP contribution in [0.25, 0.3) is 0 Å². The molecule has 4 atom stereocenters. The highest BCUT2D eigenvalue weighted by Crippen LogP contribution is 2.66. The zero-order valence-corrected chi connectivity index (χ0v) is 14.6. The molecule has 126 valence electrons. The van der Waals surface area contributed by atoms with Crippen molar-refractivity contribution in [3.63, 3.8) is 0 Å². The second kappa shape index (κ2) is 5.04. The minimum atomic E-state index is -0.407. The van der Waals surface area contributed by atoms with Gasteiger partial charge in [0.2, 0.25) is 0 Å². The molecule has 2 fully saturated rings. The van der Waals surface area contributed by atoms with E-state index in [0.29, 0.717) is 6.42 Å². The molecule has 1 saturated carbocycles. The second-order valence-electron chi connectivity index (χ2n) is 8.17. The Morgan fingerprint density at radius 3 is 2.52 bits per heavy atom. The lowest BCUT2D eigenvalue weighted by Crippen LogP contribution is -2.21. The van der Waals surface area contributed by atoms with Crippen LogP contribution in [0.4, 0.5) is 0 Å². The van der Waals surface area contributed by atoms with Gasteiger partial charge in [-0.1, -0.05) is 19.9 Å². The summed E-state index contributed by atoms with van der Waals surface area (Å²) in [6.45, 7) is 13.8. The van der Waals surface area contributed by atoms with Crippen molar-refractivity contribution >= 4 is 11.8 Å². The maximum Gasteiger partial charge on any atom is 0.310 e. The number of epoxide rings is 1. The van der Waals surface area contributed by atoms with E-state index in [-0.39, 0.29) is 47.1 Å². The smallest absolute Gasteiger partial charge is 0.310 e. The van der Waals surface area contributed by atoms with Crippen LogP contribution < -0.4 is 0 Å². The van der Waals surface area contributed by atoms with Crippen LogP contribution in [-0.2, 0) is 19.1 Å². The molecule has 2 aliphatic carbocycles. The van der Waals surface area contributed by atoms with Crippen LogP contribution in [-0.4, -0.2) is 29.6 Å². The molecular formula is C19H26O4. The summed E-state index contributed by atoms with van der Waals surface area (Å²) < 4.78 is 11.4. The van der Waals surface area contributed by atoms with E-state index in [9.17, 15) is 9.59 Å². The fraction of sp³-hybridized carbons (Fsp3) is 0.684. The summed E-state index contributed by atoms with van der Waals surface area (Å²) in [5.41, 5.74) is 1.39. The summed E-state index contributed by atoms with van der Waals surface area (Å²) in [6.07, 6.45) is 2.25. The molecule has 0 aromatic heterocycles. The minimum absolute atomic E-state index is 0.0680. The van der Waals surface area contributed by atoms with Crippen molar-refractivity contribution in [1.29, 1.82) is 0 Å². The van der Waals surface area contributed by atoms with Gasteiger partial charge in [0.1, 0.15) is 6.10 Å². The van der Waals surface area contributed by atoms with Crippen molar-refractivity contribution in [3.05, 3.63) is 23.8 Å². The standard InChI is InChI=1S/C19H26O4/c1-7-8-11-10(2)13(9-12(11)20)22-17(21)15-14(18(15,3)4)16-19(5,6)23-16/h7,13-16H,1,8-9H2,2-6H3/t13-,14-,15+,16+/m1/s1. The van der Waals surface area contributed by atoms with Gasteiger partial charge in [0.05, 0.1) is 24.0 Å². The van der Waals surface area contributed by atoms with Crippen molar-refractivity contribution < 1.29 is 19.1 Å². The molecule has 0 radical (unpaired) electrons. The van der Waals surface area contributed by atoms with Crippen LogP contribution in [0.3, 0.4) is 0 Å². The predicted molar refractivity (Wildman–Crippen MR) is 86.7 cm³/mol. The summed E-state index contributed by atoms with van der Waals surface area (Å²) in [5.74, 6) is -0.0542. The van der Waals surface area contributed by atoms with Crippen LogP contribution in [0, 0.1) is 17.3 Å². The van der Waals surface area contributed by atoms with Gasteiger partial charge in [-0.15, -0.1) is 6.58 Å². The van der Waals surface area contributed by atoms with Gasteiger partial charge >= 0.3 is 5.97 Å². The van der Waals surface area contributed by atoms with E-state index in [4.69, 9.17) is 9.47 Å². The predicted octanol–water partition coefficient (Wildman–Crippen LogP) is 3.21. The number of Topliss-reactive ketones (excluding diaryl/α,β-unsaturated/α-hetero) is 1. The normalized spacial score (nSPS) is 36.8. The fourth-order valence-corrected chi connectivity index (χ4v) is 4.11. The van der Waals surface area contributed by atoms with Crippen molar-refractivity contribution in [3.8, 4) is 0 Å². The minimum Gasteiger partial charge on any atom is -0.457 e. The highest BCUT2D eigenvalue weighted by molar-refractivity contribution is 6.00. The number of allylic oxidation sites excluding steroid dienone is 2. The summed E-state index contributed by atoms with van der Waals surface area (Å²) in [5, 5.41) is 0. The van der Waals surface area contributed by atoms with Gasteiger partial charge in [0, 0.05) is 11.5 Å². The van der Waals surface area contributed by atoms with Crippen molar-refractivity contribution in [2.75, 3.05) is 0 Å². The van der Waals surface area contributed by atoms with Gasteiger partial charge in [-0.05, 0) is 38.2 Å². The number of ketones is 1. The molecule has 4 nitrogen and oxygen atoms in total. The van der Waals surface area contributed by atoms with Gasteiger partial charge in [-0.3, -0.25) is 9.59 Å². The summed E-state index contributed by atoms with van der Waals surface area (Å²) in [6, 6.07) is 0. The monoisotopic (exact) mass is 318 g/mol. The highest BCUT2D eigenvalue weighted by atomic mass is 16.6. The average Bonchev–Trinajstić information content (AvgIpc) is 3.21. The lowest BCUT2D eigenvalue weighted by molar-refractivity contribution is -0.150. The largest absolute Gasteiger partial charge is 0.457 e. The van der Waals surface area contributed by atoms with E-state index in [1.807, 2.05) is 6.92 Å². The van der Waals surface area contributed by atoms with E-state index >= 15 is 0 Å².